The zero-order valence-electron chi connectivity index (χ0n) is 48.7. The Morgan fingerprint density at radius 3 is 0.714 bits per heavy atom. The number of hydrogen-bond acceptors (Lipinski definition) is 3. The Morgan fingerprint density at radius 2 is 0.455 bits per heavy atom. The molecule has 0 bridgehead atoms. The van der Waals surface area contributed by atoms with E-state index in [0.717, 1.165) is 0 Å². The summed E-state index contributed by atoms with van der Waals surface area (Å²) in [4.78, 5) is 3.87. The van der Waals surface area contributed by atoms with Crippen LogP contribution in [-0.2, 0) is 0 Å². The Labute approximate surface area is 475 Å². The summed E-state index contributed by atoms with van der Waals surface area (Å²) in [6.45, 7) is 39.1. The van der Waals surface area contributed by atoms with Crippen LogP contribution in [0.3, 0.4) is 0 Å². The van der Waals surface area contributed by atoms with Crippen LogP contribution in [0.1, 0.15) is 94.6 Å². The van der Waals surface area contributed by atoms with Crippen molar-refractivity contribution in [2.45, 2.75) is 118 Å². The van der Waals surface area contributed by atoms with Gasteiger partial charge in [-0.1, -0.05) is 224 Å². The molecule has 0 aliphatic heterocycles. The Balaban J connectivity index is 1.18. The first kappa shape index (κ1) is 54.2. The Bertz CT molecular complexity index is 3520. The summed E-state index contributed by atoms with van der Waals surface area (Å²) >= 11 is 5.89. The van der Waals surface area contributed by atoms with E-state index in [1.165, 1.54) is 173 Å². The van der Waals surface area contributed by atoms with Crippen LogP contribution in [0, 0.1) is 118 Å². The topological polar surface area (TPSA) is 0 Å². The van der Waals surface area contributed by atoms with Crippen molar-refractivity contribution in [3.63, 3.8) is 0 Å². The molecule has 0 saturated heterocycles. The van der Waals surface area contributed by atoms with Crippen LogP contribution in [0.25, 0.3) is 31.3 Å². The lowest BCUT2D eigenvalue weighted by Gasteiger charge is -2.23. The first-order valence-electron chi connectivity index (χ1n) is 27.5. The molecule has 10 rings (SSSR count). The lowest BCUT2D eigenvalue weighted by atomic mass is 9.37. The van der Waals surface area contributed by atoms with Crippen LogP contribution in [0.15, 0.2) is 133 Å². The maximum atomic E-state index is 2.49. The normalized spacial score (nSPS) is 11.4. The third-order valence-corrected chi connectivity index (χ3v) is 20.0. The van der Waals surface area contributed by atoms with E-state index in [1.54, 1.807) is 0 Å². The van der Waals surface area contributed by atoms with Gasteiger partial charge in [-0.15, -0.1) is 34.0 Å². The van der Waals surface area contributed by atoms with Gasteiger partial charge in [-0.25, -0.2) is 0 Å². The van der Waals surface area contributed by atoms with Crippen molar-refractivity contribution in [2.75, 3.05) is 0 Å². The van der Waals surface area contributed by atoms with E-state index in [-0.39, 0.29) is 20.1 Å². The van der Waals surface area contributed by atoms with Gasteiger partial charge in [-0.05, 0) is 185 Å². The summed E-state index contributed by atoms with van der Waals surface area (Å²) in [5.41, 5.74) is 35.0. The minimum absolute atomic E-state index is 0.118. The van der Waals surface area contributed by atoms with Gasteiger partial charge < -0.3 is 0 Å². The van der Waals surface area contributed by atoms with Crippen LogP contribution >= 0.6 is 34.0 Å². The van der Waals surface area contributed by atoms with Gasteiger partial charge in [0.1, 0.15) is 0 Å². The second kappa shape index (κ2) is 21.6. The van der Waals surface area contributed by atoms with Gasteiger partial charge in [0, 0.05) is 14.6 Å². The molecule has 3 heterocycles. The zero-order valence-corrected chi connectivity index (χ0v) is 51.1. The van der Waals surface area contributed by atoms with Crippen LogP contribution in [0.4, 0.5) is 0 Å². The van der Waals surface area contributed by atoms with E-state index in [0.29, 0.717) is 0 Å². The SMILES string of the molecule is Cc1ccc(B(c2ccc(-c3cc(-c4ccc(B(c5c(C)cc(C)cc5C)c5c(C)cc(C)cc5C)s4)cc(-c4ccc(B(c5c(C)cc(C)cc5C)c5c(C)cc(C)cc5C)s4)c3)s2)c2c(C)cc(C)cc2C)c(C)c1. The molecule has 384 valence electrons. The van der Waals surface area contributed by atoms with Crippen molar-refractivity contribution in [1.82, 2.24) is 0 Å². The second-order valence-electron chi connectivity index (χ2n) is 23.1. The molecule has 7 aromatic carbocycles. The molecule has 0 nitrogen and oxygen atoms in total. The minimum atomic E-state index is 0.118. The van der Waals surface area contributed by atoms with Gasteiger partial charge in [0.05, 0.1) is 0 Å². The summed E-state index contributed by atoms with van der Waals surface area (Å²) in [6.07, 6.45) is 0. The molecule has 0 unspecified atom stereocenters. The van der Waals surface area contributed by atoms with E-state index in [1.807, 2.05) is 34.0 Å². The smallest absolute Gasteiger partial charge is 0.149 e. The number of benzene rings is 7. The largest absolute Gasteiger partial charge is 0.255 e. The average molecular weight is 1060 g/mol. The first-order valence-corrected chi connectivity index (χ1v) is 30.0. The molecule has 0 atom stereocenters. The van der Waals surface area contributed by atoms with Crippen LogP contribution in [0.2, 0.25) is 0 Å². The summed E-state index contributed by atoms with van der Waals surface area (Å²) in [6, 6.07) is 52.8. The monoisotopic (exact) mass is 1050 g/mol. The van der Waals surface area contributed by atoms with E-state index in [4.69, 9.17) is 0 Å². The predicted octanol–water partition coefficient (Wildman–Crippen LogP) is 13.7. The van der Waals surface area contributed by atoms with Gasteiger partial charge in [0.2, 0.25) is 0 Å². The Hall–Kier alpha value is -6.17. The summed E-state index contributed by atoms with van der Waals surface area (Å²) in [7, 11) is 0. The lowest BCUT2D eigenvalue weighted by Crippen LogP contribution is -2.54. The molecule has 3 aromatic heterocycles. The molecule has 0 N–H and O–H groups in total. The highest BCUT2D eigenvalue weighted by Crippen LogP contribution is 2.37. The fraction of sp³-hybridized carbons (Fsp3) is 0.239. The molecule has 0 amide bonds. The summed E-state index contributed by atoms with van der Waals surface area (Å²) < 4.78 is 4.13. The fourth-order valence-corrected chi connectivity index (χ4v) is 17.1. The van der Waals surface area contributed by atoms with Crippen LogP contribution < -0.4 is 47.1 Å². The molecule has 0 spiro atoms. The molecule has 0 fully saturated rings. The van der Waals surface area contributed by atoms with Gasteiger partial charge in [0.15, 0.2) is 0 Å². The standard InChI is InChI=1S/C71H73B3S3/c1-40-18-19-60(46(7)26-40)72(67-47(8)27-41(2)28-48(67)9)64-23-20-61(75-64)57-37-58(62-21-24-65(76-62)73(68-49(10)29-42(3)30-50(68)11)69-51(12)31-43(4)32-52(69)13)39-59(38-57)63-22-25-66(77-63)74(70-53(14)33-44(5)34-54(70)15)71-55(16)35-45(6)36-56(71)17/h18-39H,1-17H3. The second-order valence-corrected chi connectivity index (χ2v) is 26.5. The van der Waals surface area contributed by atoms with Gasteiger partial charge in [-0.2, -0.15) is 0 Å². The summed E-state index contributed by atoms with van der Waals surface area (Å²) in [5, 5.41) is 0. The Kier molecular flexibility index (Phi) is 15.2. The van der Waals surface area contributed by atoms with E-state index in [2.05, 4.69) is 251 Å². The van der Waals surface area contributed by atoms with E-state index >= 15 is 0 Å². The lowest BCUT2D eigenvalue weighted by molar-refractivity contribution is 1.34. The van der Waals surface area contributed by atoms with Crippen molar-refractivity contribution in [2.24, 2.45) is 0 Å². The fourth-order valence-electron chi connectivity index (χ4n) is 13.7. The molecule has 0 radical (unpaired) electrons. The van der Waals surface area contributed by atoms with Crippen molar-refractivity contribution >= 4 is 101 Å². The molecular weight excluding hydrogens is 981 g/mol. The molecule has 0 saturated carbocycles. The predicted molar refractivity (Wildman–Crippen MR) is 350 cm³/mol. The van der Waals surface area contributed by atoms with Gasteiger partial charge in [0.25, 0.3) is 20.1 Å². The molecular formula is C71H73B3S3. The third-order valence-electron chi connectivity index (χ3n) is 16.4. The van der Waals surface area contributed by atoms with E-state index < -0.39 is 0 Å². The molecule has 10 aromatic rings. The number of thiophene rings is 3. The van der Waals surface area contributed by atoms with Gasteiger partial charge >= 0.3 is 0 Å². The minimum Gasteiger partial charge on any atom is -0.149 e. The number of hydrogen-bond donors (Lipinski definition) is 0. The highest BCUT2D eigenvalue weighted by Gasteiger charge is 2.33. The number of rotatable bonds is 12. The maximum Gasteiger partial charge on any atom is 0.255 e. The van der Waals surface area contributed by atoms with Crippen molar-refractivity contribution in [1.29, 1.82) is 0 Å². The van der Waals surface area contributed by atoms with E-state index in [9.17, 15) is 0 Å². The zero-order chi connectivity index (χ0) is 54.9. The highest BCUT2D eigenvalue weighted by atomic mass is 32.1. The average Bonchev–Trinajstić information content (AvgIpc) is 4.20. The molecule has 0 aliphatic carbocycles. The van der Waals surface area contributed by atoms with Crippen molar-refractivity contribution in [3.05, 3.63) is 228 Å². The highest BCUT2D eigenvalue weighted by molar-refractivity contribution is 7.31. The van der Waals surface area contributed by atoms with Crippen molar-refractivity contribution in [3.8, 4) is 31.3 Å². The first-order chi connectivity index (χ1) is 36.6. The quantitative estimate of drug-likeness (QED) is 0.107. The molecule has 0 aliphatic rings. The molecule has 6 heteroatoms. The third kappa shape index (κ3) is 10.6. The Morgan fingerprint density at radius 1 is 0.221 bits per heavy atom. The van der Waals surface area contributed by atoms with Crippen molar-refractivity contribution < 1.29 is 0 Å². The van der Waals surface area contributed by atoms with Crippen LogP contribution in [0.5, 0.6) is 0 Å². The number of aryl methyl sites for hydroxylation is 17. The van der Waals surface area contributed by atoms with Gasteiger partial charge in [-0.3, -0.25) is 0 Å². The molecule has 77 heavy (non-hydrogen) atoms. The maximum absolute atomic E-state index is 2.49. The summed E-state index contributed by atoms with van der Waals surface area (Å²) in [5.74, 6) is 0. The van der Waals surface area contributed by atoms with Crippen LogP contribution in [-0.4, -0.2) is 20.1 Å².